The number of hydrogen-bond donors (Lipinski definition) is 1. The second kappa shape index (κ2) is 6.03. The second-order valence-corrected chi connectivity index (χ2v) is 5.29. The summed E-state index contributed by atoms with van der Waals surface area (Å²) >= 11 is 5.83. The zero-order valence-electron chi connectivity index (χ0n) is 11.6. The summed E-state index contributed by atoms with van der Waals surface area (Å²) in [5.74, 6) is -0.681. The number of nitrogens with one attached hydrogen (secondary N) is 1. The molecule has 0 saturated heterocycles. The summed E-state index contributed by atoms with van der Waals surface area (Å²) in [6.45, 7) is 0.449. The van der Waals surface area contributed by atoms with Crippen molar-refractivity contribution in [3.8, 4) is 0 Å². The third-order valence-corrected chi connectivity index (χ3v) is 3.58. The van der Waals surface area contributed by atoms with Gasteiger partial charge in [0, 0.05) is 17.6 Å². The van der Waals surface area contributed by atoms with Crippen LogP contribution in [0.25, 0.3) is 0 Å². The van der Waals surface area contributed by atoms with Gasteiger partial charge in [-0.2, -0.15) is 0 Å². The normalized spacial score (nSPS) is 14.2. The molecular weight excluding hydrogens is 300 g/mol. The minimum Gasteiger partial charge on any atom is -0.376 e. The Morgan fingerprint density at radius 2 is 1.64 bits per heavy atom. The monoisotopic (exact) mass is 312 g/mol. The maximum absolute atomic E-state index is 12.3. The Morgan fingerprint density at radius 1 is 0.955 bits per heavy atom. The van der Waals surface area contributed by atoms with E-state index in [0.717, 1.165) is 10.5 Å². The molecule has 0 unspecified atom stereocenters. The molecule has 2 aromatic carbocycles. The lowest BCUT2D eigenvalue weighted by atomic mass is 10.2. The van der Waals surface area contributed by atoms with Gasteiger partial charge in [-0.05, 0) is 29.8 Å². The molecule has 0 bridgehead atoms. The van der Waals surface area contributed by atoms with E-state index >= 15 is 0 Å². The lowest BCUT2D eigenvalue weighted by molar-refractivity contribution is -0.120. The van der Waals surface area contributed by atoms with Crippen LogP contribution in [0.1, 0.15) is 5.56 Å². The van der Waals surface area contributed by atoms with Gasteiger partial charge in [-0.1, -0.05) is 41.9 Å². The standard InChI is InChI=1S/C17H13ClN2O2/c18-13-8-6-12(7-9-13)11-19-15-10-16(21)20(17(15)22)14-4-2-1-3-5-14/h1-10,19H,11H2. The Morgan fingerprint density at radius 3 is 2.32 bits per heavy atom. The van der Waals surface area contributed by atoms with Crippen LogP contribution in [0.4, 0.5) is 5.69 Å². The van der Waals surface area contributed by atoms with Gasteiger partial charge in [0.15, 0.2) is 0 Å². The van der Waals surface area contributed by atoms with E-state index in [9.17, 15) is 9.59 Å². The molecule has 0 aliphatic carbocycles. The first kappa shape index (κ1) is 14.4. The Kier molecular flexibility index (Phi) is 3.94. The molecule has 0 spiro atoms. The quantitative estimate of drug-likeness (QED) is 0.883. The van der Waals surface area contributed by atoms with E-state index in [1.807, 2.05) is 18.2 Å². The summed E-state index contributed by atoms with van der Waals surface area (Å²) in [5.41, 5.74) is 1.84. The summed E-state index contributed by atoms with van der Waals surface area (Å²) < 4.78 is 0. The van der Waals surface area contributed by atoms with Crippen molar-refractivity contribution in [3.63, 3.8) is 0 Å². The molecule has 0 radical (unpaired) electrons. The van der Waals surface area contributed by atoms with Gasteiger partial charge >= 0.3 is 0 Å². The van der Waals surface area contributed by atoms with Crippen LogP contribution in [0.5, 0.6) is 0 Å². The number of halogens is 1. The molecule has 2 aromatic rings. The SMILES string of the molecule is O=C1C=C(NCc2ccc(Cl)cc2)C(=O)N1c1ccccc1. The minimum atomic E-state index is -0.342. The third kappa shape index (κ3) is 2.87. The highest BCUT2D eigenvalue weighted by molar-refractivity contribution is 6.30. The predicted molar refractivity (Wildman–Crippen MR) is 85.3 cm³/mol. The number of nitrogens with zero attached hydrogens (tertiary/aromatic N) is 1. The molecule has 0 saturated carbocycles. The van der Waals surface area contributed by atoms with Crippen LogP contribution in [0.2, 0.25) is 5.02 Å². The van der Waals surface area contributed by atoms with Crippen molar-refractivity contribution in [2.45, 2.75) is 6.54 Å². The summed E-state index contributed by atoms with van der Waals surface area (Å²) in [7, 11) is 0. The van der Waals surface area contributed by atoms with Crippen LogP contribution in [0.15, 0.2) is 66.4 Å². The Bertz CT molecular complexity index is 739. The van der Waals surface area contributed by atoms with E-state index in [1.54, 1.807) is 36.4 Å². The van der Waals surface area contributed by atoms with Gasteiger partial charge in [0.1, 0.15) is 5.70 Å². The fraction of sp³-hybridized carbons (Fsp3) is 0.0588. The zero-order valence-corrected chi connectivity index (χ0v) is 12.4. The summed E-state index contributed by atoms with van der Waals surface area (Å²) in [4.78, 5) is 25.5. The van der Waals surface area contributed by atoms with Crippen molar-refractivity contribution in [2.75, 3.05) is 4.90 Å². The van der Waals surface area contributed by atoms with Gasteiger partial charge in [-0.25, -0.2) is 4.90 Å². The van der Waals surface area contributed by atoms with Crippen LogP contribution in [-0.4, -0.2) is 11.8 Å². The fourth-order valence-corrected chi connectivity index (χ4v) is 2.34. The Hall–Kier alpha value is -2.59. The van der Waals surface area contributed by atoms with E-state index in [0.29, 0.717) is 23.0 Å². The van der Waals surface area contributed by atoms with Gasteiger partial charge in [0.05, 0.1) is 5.69 Å². The number of para-hydroxylation sites is 1. The number of anilines is 1. The molecule has 5 heteroatoms. The molecule has 1 N–H and O–H groups in total. The van der Waals surface area contributed by atoms with Crippen LogP contribution in [0.3, 0.4) is 0 Å². The highest BCUT2D eigenvalue weighted by Gasteiger charge is 2.32. The summed E-state index contributed by atoms with van der Waals surface area (Å²) in [6, 6.07) is 16.2. The minimum absolute atomic E-state index is 0.295. The molecule has 4 nitrogen and oxygen atoms in total. The topological polar surface area (TPSA) is 49.4 Å². The average molecular weight is 313 g/mol. The number of benzene rings is 2. The molecule has 22 heavy (non-hydrogen) atoms. The number of amides is 2. The number of carbonyl (C=O) groups is 2. The molecule has 1 heterocycles. The molecule has 0 aromatic heterocycles. The molecule has 0 fully saturated rings. The highest BCUT2D eigenvalue weighted by Crippen LogP contribution is 2.21. The Labute approximate surface area is 133 Å². The first-order chi connectivity index (χ1) is 10.6. The van der Waals surface area contributed by atoms with Crippen molar-refractivity contribution < 1.29 is 9.59 Å². The maximum atomic E-state index is 12.3. The van der Waals surface area contributed by atoms with Gasteiger partial charge in [0.2, 0.25) is 0 Å². The number of hydrogen-bond acceptors (Lipinski definition) is 3. The van der Waals surface area contributed by atoms with Crippen molar-refractivity contribution >= 4 is 29.1 Å². The summed E-state index contributed by atoms with van der Waals surface area (Å²) in [5, 5.41) is 3.66. The van der Waals surface area contributed by atoms with Crippen molar-refractivity contribution in [3.05, 3.63) is 77.0 Å². The third-order valence-electron chi connectivity index (χ3n) is 3.33. The lowest BCUT2D eigenvalue weighted by Gasteiger charge is -2.15. The first-order valence-corrected chi connectivity index (χ1v) is 7.16. The first-order valence-electron chi connectivity index (χ1n) is 6.78. The zero-order chi connectivity index (χ0) is 15.5. The lowest BCUT2D eigenvalue weighted by Crippen LogP contribution is -2.33. The highest BCUT2D eigenvalue weighted by atomic mass is 35.5. The van der Waals surface area contributed by atoms with E-state index in [4.69, 9.17) is 11.6 Å². The van der Waals surface area contributed by atoms with Crippen molar-refractivity contribution in [1.29, 1.82) is 0 Å². The maximum Gasteiger partial charge on any atom is 0.281 e. The Balaban J connectivity index is 1.71. The van der Waals surface area contributed by atoms with Gasteiger partial charge in [0.25, 0.3) is 11.8 Å². The van der Waals surface area contributed by atoms with Gasteiger partial charge < -0.3 is 5.32 Å². The van der Waals surface area contributed by atoms with Crippen molar-refractivity contribution in [2.24, 2.45) is 0 Å². The molecule has 2 amide bonds. The fourth-order valence-electron chi connectivity index (χ4n) is 2.22. The average Bonchev–Trinajstić information content (AvgIpc) is 2.82. The van der Waals surface area contributed by atoms with Gasteiger partial charge in [-0.3, -0.25) is 9.59 Å². The van der Waals surface area contributed by atoms with E-state index in [1.165, 1.54) is 6.08 Å². The van der Waals surface area contributed by atoms with E-state index in [2.05, 4.69) is 5.32 Å². The molecule has 3 rings (SSSR count). The molecular formula is C17H13ClN2O2. The van der Waals surface area contributed by atoms with E-state index in [-0.39, 0.29) is 11.8 Å². The van der Waals surface area contributed by atoms with Crippen molar-refractivity contribution in [1.82, 2.24) is 5.32 Å². The number of carbonyl (C=O) groups excluding carboxylic acids is 2. The van der Waals surface area contributed by atoms with Crippen LogP contribution >= 0.6 is 11.6 Å². The van der Waals surface area contributed by atoms with E-state index < -0.39 is 0 Å². The molecule has 1 aliphatic rings. The summed E-state index contributed by atoms with van der Waals surface area (Å²) in [6.07, 6.45) is 1.32. The largest absolute Gasteiger partial charge is 0.376 e. The van der Waals surface area contributed by atoms with Gasteiger partial charge in [-0.15, -0.1) is 0 Å². The van der Waals surface area contributed by atoms with Crippen LogP contribution in [-0.2, 0) is 16.1 Å². The number of rotatable bonds is 4. The predicted octanol–water partition coefficient (Wildman–Crippen LogP) is 2.89. The molecule has 1 aliphatic heterocycles. The molecule has 110 valence electrons. The second-order valence-electron chi connectivity index (χ2n) is 4.85. The van der Waals surface area contributed by atoms with Crippen LogP contribution in [0, 0.1) is 0 Å². The molecule has 0 atom stereocenters. The van der Waals surface area contributed by atoms with Crippen LogP contribution < -0.4 is 10.2 Å². The number of imide groups is 1. The smallest absolute Gasteiger partial charge is 0.281 e.